The van der Waals surface area contributed by atoms with Crippen LogP contribution in [-0.2, 0) is 12.7 Å². The first kappa shape index (κ1) is 24.0. The number of thioether (sulfide) groups is 1. The lowest BCUT2D eigenvalue weighted by atomic mass is 10.2. The van der Waals surface area contributed by atoms with Crippen molar-refractivity contribution >= 4 is 46.6 Å². The molecule has 168 valence electrons. The fourth-order valence-electron chi connectivity index (χ4n) is 2.52. The average Bonchev–Trinajstić information content (AvgIpc) is 3.01. The highest BCUT2D eigenvalue weighted by Gasteiger charge is 2.37. The van der Waals surface area contributed by atoms with Gasteiger partial charge in [0.2, 0.25) is 0 Å². The smallest absolute Gasteiger partial charge is 0.363 e. The third kappa shape index (κ3) is 5.37. The Hall–Kier alpha value is -2.69. The van der Waals surface area contributed by atoms with Crippen molar-refractivity contribution in [2.75, 3.05) is 5.32 Å². The van der Waals surface area contributed by atoms with Gasteiger partial charge in [-0.05, 0) is 29.0 Å². The van der Waals surface area contributed by atoms with Crippen LogP contribution < -0.4 is 5.32 Å². The Morgan fingerprint density at radius 1 is 1.09 bits per heavy atom. The van der Waals surface area contributed by atoms with Gasteiger partial charge in [0.05, 0.1) is 38.9 Å². The van der Waals surface area contributed by atoms with Crippen LogP contribution in [0.3, 0.4) is 0 Å². The summed E-state index contributed by atoms with van der Waals surface area (Å²) < 4.78 is 79.4. The summed E-state index contributed by atoms with van der Waals surface area (Å²) in [5.41, 5.74) is -5.95. The Bertz CT molecular complexity index is 1150. The number of aromatic nitrogens is 4. The van der Waals surface area contributed by atoms with Gasteiger partial charge in [-0.3, -0.25) is 9.97 Å². The summed E-state index contributed by atoms with van der Waals surface area (Å²) in [7, 11) is 0. The highest BCUT2D eigenvalue weighted by atomic mass is 35.5. The maximum Gasteiger partial charge on any atom is 0.445 e. The number of hydrogen-bond acceptors (Lipinski definition) is 5. The quantitative estimate of drug-likeness (QED) is 0.232. The molecule has 0 aliphatic carbocycles. The van der Waals surface area contributed by atoms with Gasteiger partial charge in [-0.2, -0.15) is 26.3 Å². The van der Waals surface area contributed by atoms with Crippen molar-refractivity contribution in [3.63, 3.8) is 0 Å². The molecule has 0 amide bonds. The van der Waals surface area contributed by atoms with E-state index in [1.165, 1.54) is 18.6 Å². The van der Waals surface area contributed by atoms with Crippen molar-refractivity contribution < 1.29 is 26.3 Å². The van der Waals surface area contributed by atoms with E-state index in [2.05, 4.69) is 25.2 Å². The van der Waals surface area contributed by atoms with Gasteiger partial charge in [-0.15, -0.1) is 4.68 Å². The molecule has 15 heteroatoms. The summed E-state index contributed by atoms with van der Waals surface area (Å²) in [6.45, 7) is 7.05. The molecular formula is C17H8Cl2F6N6S. The van der Waals surface area contributed by atoms with E-state index >= 15 is 0 Å². The number of rotatable bonds is 5. The minimum atomic E-state index is -4.79. The van der Waals surface area contributed by atoms with E-state index in [0.29, 0.717) is 17.8 Å². The van der Waals surface area contributed by atoms with Gasteiger partial charge in [-0.1, -0.05) is 29.8 Å². The summed E-state index contributed by atoms with van der Waals surface area (Å²) in [6, 6.07) is 1.12. The molecule has 0 saturated carbocycles. The molecule has 1 N–H and O–H groups in total. The molecule has 0 unspecified atom stereocenters. The molecule has 0 spiro atoms. The largest absolute Gasteiger partial charge is 0.445 e. The third-order valence-electron chi connectivity index (χ3n) is 3.76. The van der Waals surface area contributed by atoms with E-state index in [0.717, 1.165) is 4.68 Å². The zero-order valence-corrected chi connectivity index (χ0v) is 17.6. The lowest BCUT2D eigenvalue weighted by molar-refractivity contribution is -0.137. The second-order valence-electron chi connectivity index (χ2n) is 5.91. The van der Waals surface area contributed by atoms with Crippen LogP contribution in [0, 0.1) is 6.57 Å². The standard InChI is InChI=1S/C17H8Cl2F6N6S/c1-26-14-13(32-17(23,24)25)15(29-7-9-6-27-2-3-28-9)31(30-14)12-10(18)4-8(5-11(12)19)16(20,21)22/h2-6,29H,7H2. The van der Waals surface area contributed by atoms with Crippen LogP contribution in [0.2, 0.25) is 10.0 Å². The van der Waals surface area contributed by atoms with Crippen LogP contribution >= 0.6 is 35.0 Å². The molecule has 1 aromatic carbocycles. The predicted octanol–water partition coefficient (Wildman–Crippen LogP) is 6.76. The number of anilines is 1. The van der Waals surface area contributed by atoms with Gasteiger partial charge >= 0.3 is 17.5 Å². The van der Waals surface area contributed by atoms with E-state index in [1.54, 1.807) is 0 Å². The zero-order chi connectivity index (χ0) is 23.7. The van der Waals surface area contributed by atoms with Crippen LogP contribution in [0.25, 0.3) is 10.5 Å². The Balaban J connectivity index is 2.18. The summed E-state index contributed by atoms with van der Waals surface area (Å²) in [5.74, 6) is -1.01. The highest BCUT2D eigenvalue weighted by molar-refractivity contribution is 8.00. The minimum Gasteiger partial charge on any atom is -0.363 e. The fourth-order valence-corrected chi connectivity index (χ4v) is 3.83. The monoisotopic (exact) mass is 512 g/mol. The van der Waals surface area contributed by atoms with Crippen LogP contribution in [0.5, 0.6) is 0 Å². The first-order chi connectivity index (χ1) is 14.9. The van der Waals surface area contributed by atoms with Gasteiger partial charge in [0.15, 0.2) is 5.82 Å². The van der Waals surface area contributed by atoms with E-state index < -0.39 is 49.8 Å². The molecule has 0 fully saturated rings. The molecule has 2 heterocycles. The zero-order valence-electron chi connectivity index (χ0n) is 15.3. The summed E-state index contributed by atoms with van der Waals surface area (Å²) >= 11 is 11.4. The second-order valence-corrected chi connectivity index (χ2v) is 7.80. The lowest BCUT2D eigenvalue weighted by Gasteiger charge is -2.14. The number of halogens is 8. The Kier molecular flexibility index (Phi) is 6.77. The van der Waals surface area contributed by atoms with Crippen molar-refractivity contribution in [2.24, 2.45) is 0 Å². The maximum absolute atomic E-state index is 13.2. The Morgan fingerprint density at radius 2 is 1.75 bits per heavy atom. The molecule has 0 saturated heterocycles. The summed E-state index contributed by atoms with van der Waals surface area (Å²) in [6.07, 6.45) is -0.675. The first-order valence-corrected chi connectivity index (χ1v) is 9.79. The summed E-state index contributed by atoms with van der Waals surface area (Å²) in [5, 5.41) is 5.40. The molecule has 2 aromatic heterocycles. The normalized spacial score (nSPS) is 12.0. The molecule has 32 heavy (non-hydrogen) atoms. The molecule has 0 aliphatic rings. The number of alkyl halides is 6. The molecule has 0 radical (unpaired) electrons. The topological polar surface area (TPSA) is 60.0 Å². The van der Waals surface area contributed by atoms with Crippen molar-refractivity contribution in [1.82, 2.24) is 19.7 Å². The highest BCUT2D eigenvalue weighted by Crippen LogP contribution is 2.48. The number of nitrogens with one attached hydrogen (secondary N) is 1. The van der Waals surface area contributed by atoms with Gasteiger partial charge in [-0.25, -0.2) is 0 Å². The molecular weight excluding hydrogens is 505 g/mol. The lowest BCUT2D eigenvalue weighted by Crippen LogP contribution is -2.11. The van der Waals surface area contributed by atoms with Crippen LogP contribution in [0.4, 0.5) is 38.0 Å². The van der Waals surface area contributed by atoms with E-state index in [-0.39, 0.29) is 18.1 Å². The molecule has 0 atom stereocenters. The van der Waals surface area contributed by atoms with E-state index in [4.69, 9.17) is 29.8 Å². The minimum absolute atomic E-state index is 0.141. The number of hydrogen-bond donors (Lipinski definition) is 1. The SMILES string of the molecule is [C-]#[N+]c1nn(-c2c(Cl)cc(C(F)(F)F)cc2Cl)c(NCc2cnccn2)c1SC(F)(F)F. The maximum atomic E-state index is 13.2. The van der Waals surface area contributed by atoms with Crippen molar-refractivity contribution in [2.45, 2.75) is 23.1 Å². The van der Waals surface area contributed by atoms with Gasteiger partial charge in [0.1, 0.15) is 5.69 Å². The number of nitrogens with zero attached hydrogens (tertiary/aromatic N) is 5. The van der Waals surface area contributed by atoms with Crippen molar-refractivity contribution in [3.05, 3.63) is 63.4 Å². The molecule has 3 aromatic rings. The Morgan fingerprint density at radius 3 is 2.25 bits per heavy atom. The second kappa shape index (κ2) is 9.05. The van der Waals surface area contributed by atoms with E-state index in [9.17, 15) is 26.3 Å². The first-order valence-electron chi connectivity index (χ1n) is 8.22. The molecule has 0 bridgehead atoms. The van der Waals surface area contributed by atoms with Crippen LogP contribution in [0.15, 0.2) is 35.6 Å². The third-order valence-corrected chi connectivity index (χ3v) is 5.15. The van der Waals surface area contributed by atoms with Crippen molar-refractivity contribution in [1.29, 1.82) is 0 Å². The number of benzene rings is 1. The van der Waals surface area contributed by atoms with Gasteiger partial charge < -0.3 is 10.2 Å². The van der Waals surface area contributed by atoms with Crippen LogP contribution in [-0.4, -0.2) is 25.3 Å². The fraction of sp³-hybridized carbons (Fsp3) is 0.176. The van der Waals surface area contributed by atoms with Crippen molar-refractivity contribution in [3.8, 4) is 5.69 Å². The summed E-state index contributed by atoms with van der Waals surface area (Å²) in [4.78, 5) is 10.2. The average molecular weight is 513 g/mol. The predicted molar refractivity (Wildman–Crippen MR) is 106 cm³/mol. The molecule has 0 aliphatic heterocycles. The van der Waals surface area contributed by atoms with Crippen LogP contribution in [0.1, 0.15) is 11.3 Å². The van der Waals surface area contributed by atoms with E-state index in [1.807, 2.05) is 0 Å². The van der Waals surface area contributed by atoms with Gasteiger partial charge in [0.25, 0.3) is 0 Å². The van der Waals surface area contributed by atoms with Gasteiger partial charge in [0, 0.05) is 12.4 Å². The molecule has 6 nitrogen and oxygen atoms in total. The molecule has 3 rings (SSSR count). The Labute approximate surface area is 190 Å².